The monoisotopic (exact) mass is 313 g/mol. The Hall–Kier alpha value is -1.88. The lowest BCUT2D eigenvalue weighted by molar-refractivity contribution is 0.221. The predicted molar refractivity (Wildman–Crippen MR) is 97.1 cm³/mol. The normalized spacial score (nSPS) is 21.6. The summed E-state index contributed by atoms with van der Waals surface area (Å²) in [7, 11) is 4.37. The fourth-order valence-electron chi connectivity index (χ4n) is 3.37. The maximum Gasteiger partial charge on any atom is 0.223 e. The first kappa shape index (κ1) is 16.0. The number of rotatable bonds is 5. The Morgan fingerprint density at radius 2 is 1.96 bits per heavy atom. The molecule has 5 nitrogen and oxygen atoms in total. The fraction of sp³-hybridized carbons (Fsp3) is 0.556. The highest BCUT2D eigenvalue weighted by Gasteiger charge is 2.22. The molecule has 1 fully saturated rings. The number of hydrogen-bond acceptors (Lipinski definition) is 5. The number of hydrogen-bond donors (Lipinski definition) is 2. The lowest BCUT2D eigenvalue weighted by atomic mass is 9.90. The van der Waals surface area contributed by atoms with Crippen LogP contribution in [0.4, 0.5) is 11.6 Å². The van der Waals surface area contributed by atoms with Gasteiger partial charge in [0.05, 0.1) is 11.2 Å². The van der Waals surface area contributed by atoms with E-state index in [1.54, 1.807) is 0 Å². The van der Waals surface area contributed by atoms with E-state index in [0.29, 0.717) is 12.0 Å². The highest BCUT2D eigenvalue weighted by Crippen LogP contribution is 2.28. The van der Waals surface area contributed by atoms with E-state index in [1.165, 1.54) is 25.7 Å². The lowest BCUT2D eigenvalue weighted by Crippen LogP contribution is -2.36. The molecule has 2 N–H and O–H groups in total. The van der Waals surface area contributed by atoms with Crippen molar-refractivity contribution in [3.63, 3.8) is 0 Å². The fourth-order valence-corrected chi connectivity index (χ4v) is 3.37. The molecule has 1 aromatic heterocycles. The van der Waals surface area contributed by atoms with Gasteiger partial charge in [0.15, 0.2) is 0 Å². The number of para-hydroxylation sites is 1. The van der Waals surface area contributed by atoms with Crippen LogP contribution in [-0.2, 0) is 0 Å². The summed E-state index contributed by atoms with van der Waals surface area (Å²) in [6, 6.07) is 7.53. The Morgan fingerprint density at radius 3 is 2.65 bits per heavy atom. The summed E-state index contributed by atoms with van der Waals surface area (Å²) in [4.78, 5) is 11.4. The zero-order valence-corrected chi connectivity index (χ0v) is 14.3. The molecule has 3 rings (SSSR count). The number of nitrogens with one attached hydrogen (secondary N) is 2. The summed E-state index contributed by atoms with van der Waals surface area (Å²) in [5, 5.41) is 7.99. The van der Waals surface area contributed by atoms with Crippen molar-refractivity contribution in [1.82, 2.24) is 14.9 Å². The molecular formula is C18H27N5. The van der Waals surface area contributed by atoms with E-state index in [2.05, 4.69) is 64.7 Å². The molecule has 23 heavy (non-hydrogen) atoms. The summed E-state index contributed by atoms with van der Waals surface area (Å²) < 4.78 is 0. The van der Waals surface area contributed by atoms with Gasteiger partial charge in [-0.3, -0.25) is 0 Å². The van der Waals surface area contributed by atoms with Gasteiger partial charge in [0.2, 0.25) is 5.95 Å². The second-order valence-corrected chi connectivity index (χ2v) is 6.58. The molecule has 1 aromatic carbocycles. The molecule has 0 amide bonds. The molecule has 1 aliphatic rings. The molecular weight excluding hydrogens is 286 g/mol. The first-order valence-electron chi connectivity index (χ1n) is 8.60. The van der Waals surface area contributed by atoms with Crippen molar-refractivity contribution in [3.8, 4) is 0 Å². The molecule has 0 spiro atoms. The lowest BCUT2D eigenvalue weighted by Gasteiger charge is -2.33. The van der Waals surface area contributed by atoms with Crippen molar-refractivity contribution in [3.05, 3.63) is 24.4 Å². The highest BCUT2D eigenvalue weighted by atomic mass is 15.1. The predicted octanol–water partition coefficient (Wildman–Crippen LogP) is 3.35. The zero-order chi connectivity index (χ0) is 16.2. The molecule has 124 valence electrons. The number of benzene rings is 1. The van der Waals surface area contributed by atoms with E-state index in [4.69, 9.17) is 0 Å². The van der Waals surface area contributed by atoms with Crippen LogP contribution in [0.5, 0.6) is 0 Å². The molecule has 1 heterocycles. The molecule has 0 unspecified atom stereocenters. The average Bonchev–Trinajstić information content (AvgIpc) is 2.56. The molecule has 0 radical (unpaired) electrons. The van der Waals surface area contributed by atoms with Gasteiger partial charge in [-0.1, -0.05) is 12.1 Å². The summed E-state index contributed by atoms with van der Waals surface area (Å²) in [5.74, 6) is 0.700. The third kappa shape index (κ3) is 3.72. The number of nitrogens with zero attached hydrogens (tertiary/aromatic N) is 3. The van der Waals surface area contributed by atoms with Gasteiger partial charge < -0.3 is 15.5 Å². The first-order chi connectivity index (χ1) is 11.2. The van der Waals surface area contributed by atoms with E-state index in [0.717, 1.165) is 29.2 Å². The Kier molecular flexibility index (Phi) is 4.96. The van der Waals surface area contributed by atoms with Crippen LogP contribution in [0.3, 0.4) is 0 Å². The average molecular weight is 313 g/mol. The van der Waals surface area contributed by atoms with Crippen LogP contribution in [0, 0.1) is 0 Å². The Bertz CT molecular complexity index is 647. The molecule has 0 saturated heterocycles. The summed E-state index contributed by atoms with van der Waals surface area (Å²) in [5.41, 5.74) is 2.13. The van der Waals surface area contributed by atoms with Gasteiger partial charge >= 0.3 is 0 Å². The van der Waals surface area contributed by atoms with Crippen LogP contribution >= 0.6 is 0 Å². The minimum absolute atomic E-state index is 0.536. The van der Waals surface area contributed by atoms with E-state index in [1.807, 2.05) is 6.20 Å². The van der Waals surface area contributed by atoms with Crippen molar-refractivity contribution in [1.29, 1.82) is 0 Å². The SMILES string of the molecule is CCNc1ncc2cccc(NC3CCC(N(C)C)CC3)c2n1. The van der Waals surface area contributed by atoms with Gasteiger partial charge in [0, 0.05) is 30.2 Å². The van der Waals surface area contributed by atoms with Gasteiger partial charge in [-0.15, -0.1) is 0 Å². The second-order valence-electron chi connectivity index (χ2n) is 6.58. The Labute approximate surface area is 138 Å². The van der Waals surface area contributed by atoms with E-state index < -0.39 is 0 Å². The van der Waals surface area contributed by atoms with Gasteiger partial charge in [-0.05, 0) is 52.8 Å². The van der Waals surface area contributed by atoms with Crippen LogP contribution in [-0.4, -0.2) is 47.6 Å². The molecule has 1 aliphatic carbocycles. The molecule has 1 saturated carbocycles. The summed E-state index contributed by atoms with van der Waals surface area (Å²) >= 11 is 0. The molecule has 5 heteroatoms. The Morgan fingerprint density at radius 1 is 1.17 bits per heavy atom. The number of anilines is 2. The number of fused-ring (bicyclic) bond motifs is 1. The molecule has 0 bridgehead atoms. The van der Waals surface area contributed by atoms with Crippen LogP contribution in [0.25, 0.3) is 10.9 Å². The van der Waals surface area contributed by atoms with Gasteiger partial charge in [-0.2, -0.15) is 0 Å². The zero-order valence-electron chi connectivity index (χ0n) is 14.3. The van der Waals surface area contributed by atoms with Gasteiger partial charge in [0.1, 0.15) is 0 Å². The van der Waals surface area contributed by atoms with E-state index in [9.17, 15) is 0 Å². The first-order valence-corrected chi connectivity index (χ1v) is 8.60. The van der Waals surface area contributed by atoms with Crippen molar-refractivity contribution < 1.29 is 0 Å². The smallest absolute Gasteiger partial charge is 0.223 e. The topological polar surface area (TPSA) is 53.1 Å². The van der Waals surface area contributed by atoms with Crippen molar-refractivity contribution in [2.24, 2.45) is 0 Å². The third-order valence-electron chi connectivity index (χ3n) is 4.73. The highest BCUT2D eigenvalue weighted by molar-refractivity contribution is 5.90. The number of aromatic nitrogens is 2. The molecule has 0 atom stereocenters. The van der Waals surface area contributed by atoms with Gasteiger partial charge in [-0.25, -0.2) is 9.97 Å². The van der Waals surface area contributed by atoms with Crippen LogP contribution in [0.15, 0.2) is 24.4 Å². The van der Waals surface area contributed by atoms with Crippen molar-refractivity contribution >= 4 is 22.5 Å². The maximum atomic E-state index is 4.68. The Balaban J connectivity index is 1.76. The van der Waals surface area contributed by atoms with Crippen LogP contribution in [0.1, 0.15) is 32.6 Å². The minimum atomic E-state index is 0.536. The summed E-state index contributed by atoms with van der Waals surface area (Å²) in [6.07, 6.45) is 6.84. The third-order valence-corrected chi connectivity index (χ3v) is 4.73. The van der Waals surface area contributed by atoms with Crippen molar-refractivity contribution in [2.45, 2.75) is 44.7 Å². The second kappa shape index (κ2) is 7.13. The molecule has 2 aromatic rings. The van der Waals surface area contributed by atoms with E-state index in [-0.39, 0.29) is 0 Å². The van der Waals surface area contributed by atoms with Crippen LogP contribution < -0.4 is 10.6 Å². The standard InChI is InChI=1S/C18H27N5/c1-4-19-18-20-12-13-6-5-7-16(17(13)22-18)21-14-8-10-15(11-9-14)23(2)3/h5-7,12,14-15,21H,4,8-11H2,1-3H3,(H,19,20,22). The summed E-state index contributed by atoms with van der Waals surface area (Å²) in [6.45, 7) is 2.89. The molecule has 0 aliphatic heterocycles. The van der Waals surface area contributed by atoms with Gasteiger partial charge in [0.25, 0.3) is 0 Å². The largest absolute Gasteiger partial charge is 0.381 e. The minimum Gasteiger partial charge on any atom is -0.381 e. The maximum absolute atomic E-state index is 4.68. The van der Waals surface area contributed by atoms with Crippen LogP contribution in [0.2, 0.25) is 0 Å². The van der Waals surface area contributed by atoms with Crippen molar-refractivity contribution in [2.75, 3.05) is 31.3 Å². The quantitative estimate of drug-likeness (QED) is 0.886. The van der Waals surface area contributed by atoms with E-state index >= 15 is 0 Å².